The van der Waals surface area contributed by atoms with E-state index in [1.807, 2.05) is 14.0 Å². The maximum Gasteiger partial charge on any atom is 0.123 e. The zero-order valence-electron chi connectivity index (χ0n) is 11.5. The van der Waals surface area contributed by atoms with Crippen molar-refractivity contribution in [2.24, 2.45) is 0 Å². The Kier molecular flexibility index (Phi) is 4.82. The van der Waals surface area contributed by atoms with E-state index in [0.29, 0.717) is 11.6 Å². The molecule has 1 fully saturated rings. The van der Waals surface area contributed by atoms with Crippen molar-refractivity contribution in [3.8, 4) is 0 Å². The van der Waals surface area contributed by atoms with E-state index in [0.717, 1.165) is 31.2 Å². The van der Waals surface area contributed by atoms with Crippen LogP contribution in [0.2, 0.25) is 5.02 Å². The molecule has 0 bridgehead atoms. The van der Waals surface area contributed by atoms with Crippen molar-refractivity contribution in [1.29, 1.82) is 0 Å². The summed E-state index contributed by atoms with van der Waals surface area (Å²) in [6, 6.07) is 4.45. The summed E-state index contributed by atoms with van der Waals surface area (Å²) >= 11 is 6.25. The molecule has 0 aromatic heterocycles. The molecule has 0 heterocycles. The molecular weight excluding hydrogens is 265 g/mol. The van der Waals surface area contributed by atoms with Gasteiger partial charge >= 0.3 is 0 Å². The monoisotopic (exact) mass is 285 g/mol. The van der Waals surface area contributed by atoms with Crippen LogP contribution in [-0.4, -0.2) is 19.3 Å². The Morgan fingerprint density at radius 3 is 2.68 bits per heavy atom. The van der Waals surface area contributed by atoms with Crippen molar-refractivity contribution < 1.29 is 9.13 Å². The number of hydrogen-bond donors (Lipinski definition) is 1. The highest BCUT2D eigenvalue weighted by Crippen LogP contribution is 2.44. The molecule has 0 saturated heterocycles. The first-order chi connectivity index (χ1) is 9.13. The molecule has 2 nitrogen and oxygen atoms in total. The molecule has 106 valence electrons. The average Bonchev–Trinajstić information content (AvgIpc) is 2.84. The Balaban J connectivity index is 2.39. The van der Waals surface area contributed by atoms with E-state index in [2.05, 4.69) is 5.32 Å². The Hall–Kier alpha value is -0.640. The van der Waals surface area contributed by atoms with Crippen molar-refractivity contribution in [2.45, 2.75) is 44.2 Å². The van der Waals surface area contributed by atoms with E-state index < -0.39 is 0 Å². The molecule has 4 heteroatoms. The lowest BCUT2D eigenvalue weighted by Gasteiger charge is -2.38. The van der Waals surface area contributed by atoms with Crippen molar-refractivity contribution in [3.63, 3.8) is 0 Å². The van der Waals surface area contributed by atoms with E-state index in [1.165, 1.54) is 12.1 Å². The number of benzene rings is 1. The van der Waals surface area contributed by atoms with Crippen molar-refractivity contribution in [2.75, 3.05) is 13.7 Å². The lowest BCUT2D eigenvalue weighted by molar-refractivity contribution is -0.0610. The van der Waals surface area contributed by atoms with Crippen LogP contribution >= 0.6 is 11.6 Å². The van der Waals surface area contributed by atoms with Gasteiger partial charge in [0.1, 0.15) is 5.82 Å². The van der Waals surface area contributed by atoms with Gasteiger partial charge in [-0.3, -0.25) is 0 Å². The van der Waals surface area contributed by atoms with Crippen LogP contribution in [0.1, 0.15) is 44.2 Å². The van der Waals surface area contributed by atoms with Crippen LogP contribution in [0.15, 0.2) is 18.2 Å². The SMILES string of the molecule is CCOC1(C(NC)c2cc(F)ccc2Cl)CCCC1. The van der Waals surface area contributed by atoms with Gasteiger partial charge in [-0.05, 0) is 50.6 Å². The number of hydrogen-bond acceptors (Lipinski definition) is 2. The van der Waals surface area contributed by atoms with Crippen LogP contribution in [0.25, 0.3) is 0 Å². The molecule has 1 N–H and O–H groups in total. The van der Waals surface area contributed by atoms with Gasteiger partial charge < -0.3 is 10.1 Å². The topological polar surface area (TPSA) is 21.3 Å². The van der Waals surface area contributed by atoms with Crippen LogP contribution in [0, 0.1) is 5.82 Å². The van der Waals surface area contributed by atoms with E-state index in [1.54, 1.807) is 6.07 Å². The summed E-state index contributed by atoms with van der Waals surface area (Å²) in [6.07, 6.45) is 4.26. The third-order valence-corrected chi connectivity index (χ3v) is 4.31. The largest absolute Gasteiger partial charge is 0.373 e. The second kappa shape index (κ2) is 6.21. The van der Waals surface area contributed by atoms with Crippen LogP contribution < -0.4 is 5.32 Å². The molecule has 1 atom stereocenters. The Labute approximate surface area is 119 Å². The summed E-state index contributed by atoms with van der Waals surface area (Å²) < 4.78 is 19.6. The molecule has 1 saturated carbocycles. The lowest BCUT2D eigenvalue weighted by Crippen LogP contribution is -2.43. The molecule has 2 rings (SSSR count). The van der Waals surface area contributed by atoms with Gasteiger partial charge in [-0.25, -0.2) is 4.39 Å². The van der Waals surface area contributed by atoms with Crippen LogP contribution in [-0.2, 0) is 4.74 Å². The summed E-state index contributed by atoms with van der Waals surface area (Å²) in [5.74, 6) is -0.260. The Morgan fingerprint density at radius 1 is 1.42 bits per heavy atom. The summed E-state index contributed by atoms with van der Waals surface area (Å²) in [5.41, 5.74) is 0.528. The Morgan fingerprint density at radius 2 is 2.11 bits per heavy atom. The van der Waals surface area contributed by atoms with Gasteiger partial charge in [0.25, 0.3) is 0 Å². The third kappa shape index (κ3) is 2.93. The minimum Gasteiger partial charge on any atom is -0.373 e. The standard InChI is InChI=1S/C15H21ClFNO/c1-3-19-15(8-4-5-9-15)14(18-2)12-10-11(17)6-7-13(12)16/h6-7,10,14,18H,3-5,8-9H2,1-2H3. The number of likely N-dealkylation sites (N-methyl/N-ethyl adjacent to an activating group) is 1. The molecule has 0 radical (unpaired) electrons. The van der Waals surface area contributed by atoms with Crippen molar-refractivity contribution >= 4 is 11.6 Å². The average molecular weight is 286 g/mol. The van der Waals surface area contributed by atoms with E-state index in [-0.39, 0.29) is 17.5 Å². The summed E-state index contributed by atoms with van der Waals surface area (Å²) in [5, 5.41) is 3.87. The highest BCUT2D eigenvalue weighted by atomic mass is 35.5. The van der Waals surface area contributed by atoms with Gasteiger partial charge in [-0.15, -0.1) is 0 Å². The lowest BCUT2D eigenvalue weighted by atomic mass is 9.86. The molecule has 1 aliphatic carbocycles. The molecule has 1 aliphatic rings. The molecule has 1 unspecified atom stereocenters. The zero-order chi connectivity index (χ0) is 13.9. The number of halogens is 2. The third-order valence-electron chi connectivity index (χ3n) is 3.97. The van der Waals surface area contributed by atoms with Crippen LogP contribution in [0.5, 0.6) is 0 Å². The number of rotatable bonds is 5. The van der Waals surface area contributed by atoms with E-state index >= 15 is 0 Å². The number of nitrogens with one attached hydrogen (secondary N) is 1. The van der Waals surface area contributed by atoms with Gasteiger partial charge in [0.15, 0.2) is 0 Å². The molecule has 0 amide bonds. The minimum absolute atomic E-state index is 0.0712. The smallest absolute Gasteiger partial charge is 0.123 e. The normalized spacial score (nSPS) is 19.6. The van der Waals surface area contributed by atoms with E-state index in [4.69, 9.17) is 16.3 Å². The maximum absolute atomic E-state index is 13.5. The fraction of sp³-hybridized carbons (Fsp3) is 0.600. The fourth-order valence-electron chi connectivity index (χ4n) is 3.22. The van der Waals surface area contributed by atoms with Gasteiger partial charge in [0.2, 0.25) is 0 Å². The van der Waals surface area contributed by atoms with E-state index in [9.17, 15) is 4.39 Å². The molecular formula is C15H21ClFNO. The summed E-state index contributed by atoms with van der Waals surface area (Å²) in [7, 11) is 1.88. The first-order valence-electron chi connectivity index (χ1n) is 6.89. The van der Waals surface area contributed by atoms with Crippen molar-refractivity contribution in [3.05, 3.63) is 34.6 Å². The highest BCUT2D eigenvalue weighted by molar-refractivity contribution is 6.31. The molecule has 0 spiro atoms. The highest BCUT2D eigenvalue weighted by Gasteiger charge is 2.43. The first-order valence-corrected chi connectivity index (χ1v) is 7.27. The maximum atomic E-state index is 13.5. The molecule has 0 aliphatic heterocycles. The van der Waals surface area contributed by atoms with Gasteiger partial charge in [0.05, 0.1) is 11.6 Å². The van der Waals surface area contributed by atoms with Crippen LogP contribution in [0.3, 0.4) is 0 Å². The van der Waals surface area contributed by atoms with Crippen LogP contribution in [0.4, 0.5) is 4.39 Å². The molecule has 1 aromatic carbocycles. The Bertz CT molecular complexity index is 432. The summed E-state index contributed by atoms with van der Waals surface area (Å²) in [6.45, 7) is 2.66. The minimum atomic E-state index is -0.263. The quantitative estimate of drug-likeness (QED) is 0.880. The predicted molar refractivity (Wildman–Crippen MR) is 76.0 cm³/mol. The second-order valence-electron chi connectivity index (χ2n) is 5.09. The first kappa shape index (κ1) is 14.8. The molecule has 19 heavy (non-hydrogen) atoms. The van der Waals surface area contributed by atoms with Gasteiger partial charge in [-0.1, -0.05) is 24.4 Å². The second-order valence-corrected chi connectivity index (χ2v) is 5.50. The zero-order valence-corrected chi connectivity index (χ0v) is 12.3. The fourth-order valence-corrected chi connectivity index (χ4v) is 3.44. The molecule has 1 aromatic rings. The van der Waals surface area contributed by atoms with Gasteiger partial charge in [-0.2, -0.15) is 0 Å². The van der Waals surface area contributed by atoms with Crippen molar-refractivity contribution in [1.82, 2.24) is 5.32 Å². The summed E-state index contributed by atoms with van der Waals surface area (Å²) in [4.78, 5) is 0. The van der Waals surface area contributed by atoms with Gasteiger partial charge in [0, 0.05) is 11.6 Å². The number of ether oxygens (including phenoxy) is 1. The predicted octanol–water partition coefficient (Wildman–Crippen LogP) is 4.09.